The van der Waals surface area contributed by atoms with Crippen LogP contribution in [0.4, 0.5) is 10.5 Å². The lowest BCUT2D eigenvalue weighted by Crippen LogP contribution is -2.52. The first-order valence-corrected chi connectivity index (χ1v) is 9.79. The highest BCUT2D eigenvalue weighted by atomic mass is 16.2. The Hall–Kier alpha value is -4.01. The Morgan fingerprint density at radius 1 is 1.06 bits per heavy atom. The smallest absolute Gasteiger partial charge is 0.322 e. The zero-order valence-electron chi connectivity index (χ0n) is 16.7. The molecule has 1 fully saturated rings. The molecule has 9 nitrogen and oxygen atoms in total. The summed E-state index contributed by atoms with van der Waals surface area (Å²) in [5.74, 6) is -2.10. The largest absolute Gasteiger partial charge is 0.326 e. The van der Waals surface area contributed by atoms with Gasteiger partial charge in [0.15, 0.2) is 0 Å². The molecule has 9 heteroatoms. The zero-order valence-corrected chi connectivity index (χ0v) is 16.7. The van der Waals surface area contributed by atoms with Crippen molar-refractivity contribution in [3.05, 3.63) is 64.7 Å². The number of carbonyl (C=O) groups is 5. The predicted octanol–water partition coefficient (Wildman–Crippen LogP) is 1.72. The van der Waals surface area contributed by atoms with Crippen LogP contribution in [0.25, 0.3) is 0 Å². The molecule has 1 unspecified atom stereocenters. The first-order chi connectivity index (χ1) is 14.8. The van der Waals surface area contributed by atoms with E-state index in [9.17, 15) is 24.0 Å². The third-order valence-corrected chi connectivity index (χ3v) is 5.33. The van der Waals surface area contributed by atoms with Crippen molar-refractivity contribution in [2.24, 2.45) is 0 Å². The molecule has 0 aliphatic carbocycles. The van der Waals surface area contributed by atoms with Crippen LogP contribution in [0.2, 0.25) is 0 Å². The fourth-order valence-electron chi connectivity index (χ4n) is 3.77. The van der Waals surface area contributed by atoms with Gasteiger partial charge in [0.2, 0.25) is 11.8 Å². The lowest BCUT2D eigenvalue weighted by molar-refractivity contribution is -0.136. The quantitative estimate of drug-likeness (QED) is 0.652. The molecule has 158 valence electrons. The summed E-state index contributed by atoms with van der Waals surface area (Å²) in [6.45, 7) is 2.07. The number of carbonyl (C=O) groups excluding carboxylic acids is 5. The first kappa shape index (κ1) is 20.3. The van der Waals surface area contributed by atoms with Crippen LogP contribution in [-0.2, 0) is 16.1 Å². The highest BCUT2D eigenvalue weighted by Crippen LogP contribution is 2.29. The number of amides is 6. The van der Waals surface area contributed by atoms with Crippen LogP contribution in [-0.4, -0.2) is 40.6 Å². The third-order valence-electron chi connectivity index (χ3n) is 5.33. The summed E-state index contributed by atoms with van der Waals surface area (Å²) in [5, 5.41) is 7.04. The number of nitrogens with one attached hydrogen (secondary N) is 3. The third kappa shape index (κ3) is 4.02. The van der Waals surface area contributed by atoms with Gasteiger partial charge in [-0.15, -0.1) is 0 Å². The van der Waals surface area contributed by atoms with Crippen LogP contribution < -0.4 is 16.0 Å². The van der Waals surface area contributed by atoms with Crippen molar-refractivity contribution in [3.8, 4) is 0 Å². The van der Waals surface area contributed by atoms with Gasteiger partial charge in [0.05, 0.1) is 11.1 Å². The molecule has 3 N–H and O–H groups in total. The van der Waals surface area contributed by atoms with Crippen molar-refractivity contribution in [1.29, 1.82) is 0 Å². The highest BCUT2D eigenvalue weighted by Gasteiger charge is 2.40. The molecule has 2 heterocycles. The van der Waals surface area contributed by atoms with Crippen molar-refractivity contribution in [2.45, 2.75) is 32.4 Å². The Morgan fingerprint density at radius 3 is 2.52 bits per heavy atom. The molecular weight excluding hydrogens is 400 g/mol. The van der Waals surface area contributed by atoms with Gasteiger partial charge in [-0.1, -0.05) is 29.8 Å². The Balaban J connectivity index is 1.50. The molecule has 0 radical (unpaired) electrons. The Bertz CT molecular complexity index is 1110. The number of aryl methyl sites for hydroxylation is 1. The number of fused-ring (bicyclic) bond motifs is 1. The van der Waals surface area contributed by atoms with Crippen LogP contribution in [0.5, 0.6) is 0 Å². The number of benzene rings is 2. The summed E-state index contributed by atoms with van der Waals surface area (Å²) in [5.41, 5.74) is 2.35. The van der Waals surface area contributed by atoms with Crippen LogP contribution in [0, 0.1) is 6.92 Å². The number of imide groups is 2. The van der Waals surface area contributed by atoms with E-state index < -0.39 is 29.8 Å². The maximum absolute atomic E-state index is 13.0. The minimum Gasteiger partial charge on any atom is -0.322 e. The monoisotopic (exact) mass is 420 g/mol. The first-order valence-electron chi connectivity index (χ1n) is 9.79. The second kappa shape index (κ2) is 8.02. The molecule has 2 aliphatic heterocycles. The van der Waals surface area contributed by atoms with Gasteiger partial charge in [-0.3, -0.25) is 29.8 Å². The van der Waals surface area contributed by atoms with E-state index in [1.807, 2.05) is 19.1 Å². The lowest BCUT2D eigenvalue weighted by Gasteiger charge is -2.29. The Labute approximate surface area is 177 Å². The van der Waals surface area contributed by atoms with Crippen LogP contribution in [0.1, 0.15) is 44.7 Å². The van der Waals surface area contributed by atoms with Gasteiger partial charge in [-0.2, -0.15) is 0 Å². The molecule has 1 saturated heterocycles. The Kier molecular flexibility index (Phi) is 5.24. The maximum atomic E-state index is 13.0. The Morgan fingerprint density at radius 2 is 1.81 bits per heavy atom. The molecule has 2 aromatic rings. The molecule has 0 bridgehead atoms. The summed E-state index contributed by atoms with van der Waals surface area (Å²) < 4.78 is 0. The number of urea groups is 1. The average molecular weight is 420 g/mol. The highest BCUT2D eigenvalue weighted by molar-refractivity contribution is 6.15. The molecule has 2 aromatic carbocycles. The fraction of sp³-hybridized carbons (Fsp3) is 0.227. The van der Waals surface area contributed by atoms with Gasteiger partial charge in [-0.25, -0.2) is 4.79 Å². The molecule has 2 aliphatic rings. The van der Waals surface area contributed by atoms with Crippen molar-refractivity contribution in [1.82, 2.24) is 15.5 Å². The van der Waals surface area contributed by atoms with Crippen molar-refractivity contribution in [2.75, 3.05) is 5.32 Å². The van der Waals surface area contributed by atoms with Gasteiger partial charge < -0.3 is 10.2 Å². The SMILES string of the molecule is Cc1ccc(NC(=O)NC(=O)c2cccc3c2C(=O)N(C2CCC(=O)NC2=O)C3)cc1. The second-order valence-electron chi connectivity index (χ2n) is 7.51. The molecule has 0 aromatic heterocycles. The summed E-state index contributed by atoms with van der Waals surface area (Å²) >= 11 is 0. The topological polar surface area (TPSA) is 125 Å². The zero-order chi connectivity index (χ0) is 22.1. The van der Waals surface area contributed by atoms with Gasteiger partial charge in [0.25, 0.3) is 11.8 Å². The van der Waals surface area contributed by atoms with Crippen molar-refractivity contribution in [3.63, 3.8) is 0 Å². The fourth-order valence-corrected chi connectivity index (χ4v) is 3.77. The number of nitrogens with zero attached hydrogens (tertiary/aromatic N) is 1. The number of rotatable bonds is 3. The predicted molar refractivity (Wildman–Crippen MR) is 110 cm³/mol. The van der Waals surface area contributed by atoms with E-state index in [4.69, 9.17) is 0 Å². The van der Waals surface area contributed by atoms with Gasteiger partial charge in [0.1, 0.15) is 6.04 Å². The van der Waals surface area contributed by atoms with Crippen LogP contribution in [0.15, 0.2) is 42.5 Å². The average Bonchev–Trinajstić information content (AvgIpc) is 3.06. The van der Waals surface area contributed by atoms with E-state index in [1.54, 1.807) is 24.3 Å². The standard InChI is InChI=1S/C22H20N4O5/c1-12-5-7-14(8-6-12)23-22(31)25-19(28)15-4-2-3-13-11-26(21(30)18(13)15)16-9-10-17(27)24-20(16)29/h2-8,16H,9-11H2,1H3,(H,24,27,29)(H2,23,25,28,31). The maximum Gasteiger partial charge on any atom is 0.326 e. The minimum absolute atomic E-state index is 0.0522. The van der Waals surface area contributed by atoms with E-state index in [-0.39, 0.29) is 36.4 Å². The summed E-state index contributed by atoms with van der Waals surface area (Å²) in [6.07, 6.45) is 0.369. The molecule has 1 atom stereocenters. The lowest BCUT2D eigenvalue weighted by atomic mass is 10.0. The number of hydrogen-bond acceptors (Lipinski definition) is 5. The molecule has 4 rings (SSSR count). The summed E-state index contributed by atoms with van der Waals surface area (Å²) in [6, 6.07) is 10.3. The van der Waals surface area contributed by atoms with E-state index in [0.717, 1.165) is 5.56 Å². The number of hydrogen-bond donors (Lipinski definition) is 3. The molecule has 0 spiro atoms. The second-order valence-corrected chi connectivity index (χ2v) is 7.51. The van der Waals surface area contributed by atoms with Crippen molar-refractivity contribution < 1.29 is 24.0 Å². The molecular formula is C22H20N4O5. The summed E-state index contributed by atoms with van der Waals surface area (Å²) in [7, 11) is 0. The number of anilines is 1. The van der Waals surface area contributed by atoms with E-state index in [2.05, 4.69) is 16.0 Å². The minimum atomic E-state index is -0.779. The summed E-state index contributed by atoms with van der Waals surface area (Å²) in [4.78, 5) is 62.9. The molecule has 0 saturated carbocycles. The van der Waals surface area contributed by atoms with Crippen molar-refractivity contribution >= 4 is 35.3 Å². The molecule has 31 heavy (non-hydrogen) atoms. The van der Waals surface area contributed by atoms with Gasteiger partial charge in [0, 0.05) is 18.7 Å². The van der Waals surface area contributed by atoms with Gasteiger partial charge >= 0.3 is 6.03 Å². The van der Waals surface area contributed by atoms with Gasteiger partial charge in [-0.05, 0) is 37.1 Å². The molecule has 6 amide bonds. The normalized spacial score (nSPS) is 17.8. The van der Waals surface area contributed by atoms with Crippen LogP contribution >= 0.6 is 0 Å². The number of piperidine rings is 1. The van der Waals surface area contributed by atoms with E-state index >= 15 is 0 Å². The van der Waals surface area contributed by atoms with E-state index in [0.29, 0.717) is 11.3 Å². The van der Waals surface area contributed by atoms with Crippen LogP contribution in [0.3, 0.4) is 0 Å². The van der Waals surface area contributed by atoms with E-state index in [1.165, 1.54) is 11.0 Å².